The molecule has 1 N–H and O–H groups in total. The van der Waals surface area contributed by atoms with Crippen molar-refractivity contribution in [3.8, 4) is 23.3 Å². The van der Waals surface area contributed by atoms with Crippen molar-refractivity contribution in [3.63, 3.8) is 0 Å². The molecule has 0 spiro atoms. The standard InChI is InChI=1S/C21H15Cl2N3O4/c22-15-3-4-18(30-17-11-14(2-1-6-24)10-16(23)12-17)19(13-15)29-9-8-26-7-5-20(27)25-21(26)28/h1-5,7,10-13H,8-9H2,(H,25,27,28)/b2-1+. The zero-order valence-electron chi connectivity index (χ0n) is 15.5. The smallest absolute Gasteiger partial charge is 0.328 e. The highest BCUT2D eigenvalue weighted by atomic mass is 35.5. The van der Waals surface area contributed by atoms with Crippen LogP contribution in [0.2, 0.25) is 10.0 Å². The molecule has 0 bridgehead atoms. The molecule has 1 aromatic heterocycles. The van der Waals surface area contributed by atoms with Crippen molar-refractivity contribution in [2.75, 3.05) is 6.61 Å². The molecule has 0 aliphatic rings. The van der Waals surface area contributed by atoms with Crippen LogP contribution in [0.4, 0.5) is 0 Å². The fourth-order valence-corrected chi connectivity index (χ4v) is 2.95. The molecule has 0 aliphatic heterocycles. The van der Waals surface area contributed by atoms with Gasteiger partial charge < -0.3 is 9.47 Å². The van der Waals surface area contributed by atoms with E-state index in [0.29, 0.717) is 32.9 Å². The van der Waals surface area contributed by atoms with Crippen LogP contribution >= 0.6 is 23.2 Å². The van der Waals surface area contributed by atoms with Crippen LogP contribution in [0.25, 0.3) is 6.08 Å². The van der Waals surface area contributed by atoms with Crippen LogP contribution in [0.3, 0.4) is 0 Å². The molecule has 7 nitrogen and oxygen atoms in total. The number of ether oxygens (including phenoxy) is 2. The number of allylic oxidation sites excluding steroid dienone is 1. The Morgan fingerprint density at radius 1 is 1.07 bits per heavy atom. The van der Waals surface area contributed by atoms with E-state index < -0.39 is 11.2 Å². The van der Waals surface area contributed by atoms with Crippen molar-refractivity contribution < 1.29 is 9.47 Å². The predicted molar refractivity (Wildman–Crippen MR) is 114 cm³/mol. The first-order valence-electron chi connectivity index (χ1n) is 8.71. The number of halogens is 2. The third-order valence-electron chi connectivity index (χ3n) is 3.86. The van der Waals surface area contributed by atoms with Crippen molar-refractivity contribution in [1.82, 2.24) is 9.55 Å². The van der Waals surface area contributed by atoms with E-state index in [1.165, 1.54) is 22.9 Å². The maximum absolute atomic E-state index is 11.8. The Morgan fingerprint density at radius 2 is 1.90 bits per heavy atom. The highest BCUT2D eigenvalue weighted by molar-refractivity contribution is 6.31. The van der Waals surface area contributed by atoms with Gasteiger partial charge in [0.1, 0.15) is 12.4 Å². The van der Waals surface area contributed by atoms with Crippen LogP contribution in [-0.2, 0) is 6.54 Å². The lowest BCUT2D eigenvalue weighted by molar-refractivity contribution is 0.283. The third kappa shape index (κ3) is 5.77. The molecule has 0 amide bonds. The lowest BCUT2D eigenvalue weighted by Crippen LogP contribution is -2.30. The Morgan fingerprint density at radius 3 is 2.67 bits per heavy atom. The van der Waals surface area contributed by atoms with Gasteiger partial charge in [0.05, 0.1) is 12.6 Å². The second kappa shape index (κ2) is 9.83. The normalized spacial score (nSPS) is 10.7. The quantitative estimate of drug-likeness (QED) is 0.550. The van der Waals surface area contributed by atoms with Gasteiger partial charge in [-0.05, 0) is 42.0 Å². The fourth-order valence-electron chi connectivity index (χ4n) is 2.55. The Balaban J connectivity index is 1.78. The number of nitrogens with one attached hydrogen (secondary N) is 1. The number of nitriles is 1. The summed E-state index contributed by atoms with van der Waals surface area (Å²) in [5.41, 5.74) is -0.285. The molecule has 0 saturated heterocycles. The molecule has 0 atom stereocenters. The van der Waals surface area contributed by atoms with E-state index in [-0.39, 0.29) is 13.2 Å². The molecule has 0 unspecified atom stereocenters. The van der Waals surface area contributed by atoms with E-state index in [0.717, 1.165) is 0 Å². The van der Waals surface area contributed by atoms with Gasteiger partial charge in [0.2, 0.25) is 0 Å². The SMILES string of the molecule is N#C/C=C/c1cc(Cl)cc(Oc2ccc(Cl)cc2OCCn2ccc(=O)[nH]c2=O)c1. The van der Waals surface area contributed by atoms with Gasteiger partial charge in [-0.1, -0.05) is 23.2 Å². The molecule has 9 heteroatoms. The Labute approximate surface area is 181 Å². The molecule has 152 valence electrons. The van der Waals surface area contributed by atoms with Gasteiger partial charge in [0, 0.05) is 34.5 Å². The summed E-state index contributed by atoms with van der Waals surface area (Å²) in [6.45, 7) is 0.343. The number of hydrogen-bond donors (Lipinski definition) is 1. The topological polar surface area (TPSA) is 97.1 Å². The Hall–Kier alpha value is -3.47. The predicted octanol–water partition coefficient (Wildman–Crippen LogP) is 4.25. The number of aromatic amines is 1. The minimum Gasteiger partial charge on any atom is -0.488 e. The molecule has 3 aromatic rings. The van der Waals surface area contributed by atoms with E-state index >= 15 is 0 Å². The zero-order chi connectivity index (χ0) is 21.5. The van der Waals surface area contributed by atoms with Gasteiger partial charge in [0.25, 0.3) is 5.56 Å². The first kappa shape index (κ1) is 21.2. The third-order valence-corrected chi connectivity index (χ3v) is 4.32. The van der Waals surface area contributed by atoms with Crippen LogP contribution in [0.15, 0.2) is 64.3 Å². The summed E-state index contributed by atoms with van der Waals surface area (Å²) in [5, 5.41) is 9.58. The number of H-pyrrole nitrogens is 1. The fraction of sp³-hybridized carbons (Fsp3) is 0.0952. The highest BCUT2D eigenvalue weighted by Gasteiger charge is 2.09. The van der Waals surface area contributed by atoms with Gasteiger partial charge in [-0.15, -0.1) is 0 Å². The maximum Gasteiger partial charge on any atom is 0.328 e. The van der Waals surface area contributed by atoms with Gasteiger partial charge in [-0.2, -0.15) is 5.26 Å². The molecule has 30 heavy (non-hydrogen) atoms. The maximum atomic E-state index is 11.8. The molecule has 0 fully saturated rings. The van der Waals surface area contributed by atoms with Crippen molar-refractivity contribution in [1.29, 1.82) is 5.26 Å². The van der Waals surface area contributed by atoms with Crippen LogP contribution < -0.4 is 20.7 Å². The number of hydrogen-bond acceptors (Lipinski definition) is 5. The molecule has 0 saturated carbocycles. The Kier molecular flexibility index (Phi) is 6.96. The summed E-state index contributed by atoms with van der Waals surface area (Å²) in [4.78, 5) is 25.1. The first-order chi connectivity index (χ1) is 14.4. The summed E-state index contributed by atoms with van der Waals surface area (Å²) in [6.07, 6.45) is 4.34. The Bertz CT molecular complexity index is 1240. The van der Waals surface area contributed by atoms with E-state index in [1.807, 2.05) is 6.07 Å². The lowest BCUT2D eigenvalue weighted by atomic mass is 10.2. The number of aromatic nitrogens is 2. The summed E-state index contributed by atoms with van der Waals surface area (Å²) >= 11 is 12.2. The van der Waals surface area contributed by atoms with Crippen molar-refractivity contribution in [2.45, 2.75) is 6.54 Å². The van der Waals surface area contributed by atoms with E-state index in [1.54, 1.807) is 42.5 Å². The highest BCUT2D eigenvalue weighted by Crippen LogP contribution is 2.35. The van der Waals surface area contributed by atoms with Gasteiger partial charge >= 0.3 is 5.69 Å². The van der Waals surface area contributed by atoms with E-state index in [9.17, 15) is 9.59 Å². The summed E-state index contributed by atoms with van der Waals surface area (Å²) in [5.74, 6) is 1.21. The lowest BCUT2D eigenvalue weighted by Gasteiger charge is -2.14. The first-order valence-corrected chi connectivity index (χ1v) is 9.47. The largest absolute Gasteiger partial charge is 0.488 e. The molecule has 0 aliphatic carbocycles. The minimum absolute atomic E-state index is 0.133. The van der Waals surface area contributed by atoms with Gasteiger partial charge in [-0.3, -0.25) is 14.3 Å². The van der Waals surface area contributed by atoms with E-state index in [4.69, 9.17) is 37.9 Å². The van der Waals surface area contributed by atoms with Crippen LogP contribution in [0.1, 0.15) is 5.56 Å². The molecule has 2 aromatic carbocycles. The van der Waals surface area contributed by atoms with Crippen molar-refractivity contribution in [2.24, 2.45) is 0 Å². The zero-order valence-corrected chi connectivity index (χ0v) is 17.0. The average molecular weight is 444 g/mol. The summed E-state index contributed by atoms with van der Waals surface area (Å²) in [6, 6.07) is 13.1. The number of benzene rings is 2. The second-order valence-corrected chi connectivity index (χ2v) is 6.90. The second-order valence-electron chi connectivity index (χ2n) is 6.03. The van der Waals surface area contributed by atoms with E-state index in [2.05, 4.69) is 4.98 Å². The minimum atomic E-state index is -0.523. The molecule has 0 radical (unpaired) electrons. The summed E-state index contributed by atoms with van der Waals surface area (Å²) in [7, 11) is 0. The van der Waals surface area contributed by atoms with Crippen LogP contribution in [-0.4, -0.2) is 16.2 Å². The number of nitrogens with zero attached hydrogens (tertiary/aromatic N) is 2. The van der Waals surface area contributed by atoms with Gasteiger partial charge in [0.15, 0.2) is 11.5 Å². The number of rotatable bonds is 7. The van der Waals surface area contributed by atoms with Crippen molar-refractivity contribution >= 4 is 29.3 Å². The molecule has 3 rings (SSSR count). The van der Waals surface area contributed by atoms with Crippen LogP contribution in [0.5, 0.6) is 17.2 Å². The monoisotopic (exact) mass is 443 g/mol. The molecular formula is C21H15Cl2N3O4. The molecular weight excluding hydrogens is 429 g/mol. The van der Waals surface area contributed by atoms with Crippen LogP contribution in [0, 0.1) is 11.3 Å². The van der Waals surface area contributed by atoms with Gasteiger partial charge in [-0.25, -0.2) is 4.79 Å². The average Bonchev–Trinajstić information content (AvgIpc) is 2.69. The van der Waals surface area contributed by atoms with Crippen molar-refractivity contribution in [3.05, 3.63) is 91.2 Å². The summed E-state index contributed by atoms with van der Waals surface area (Å²) < 4.78 is 13.0. The molecule has 1 heterocycles.